The van der Waals surface area contributed by atoms with Gasteiger partial charge in [0.2, 0.25) is 0 Å². The highest BCUT2D eigenvalue weighted by Gasteiger charge is 2.29. The lowest BCUT2D eigenvalue weighted by Gasteiger charge is -2.18. The van der Waals surface area contributed by atoms with Crippen LogP contribution in [0.2, 0.25) is 0 Å². The molecule has 0 fully saturated rings. The van der Waals surface area contributed by atoms with Gasteiger partial charge >= 0.3 is 0 Å². The number of halogens is 4. The molecule has 21 heavy (non-hydrogen) atoms. The third-order valence-corrected chi connectivity index (χ3v) is 3.84. The molecular weight excluding hydrogens is 280 g/mol. The maximum Gasteiger partial charge on any atom is 0.198 e. The molecule has 2 rings (SSSR count). The van der Waals surface area contributed by atoms with Crippen LogP contribution in [0.4, 0.5) is 17.6 Å². The number of hydrogen-bond donors (Lipinski definition) is 0. The van der Waals surface area contributed by atoms with E-state index in [4.69, 9.17) is 0 Å². The molecular formula is C17H18F4. The van der Waals surface area contributed by atoms with Gasteiger partial charge < -0.3 is 0 Å². The van der Waals surface area contributed by atoms with Crippen molar-refractivity contribution in [3.05, 3.63) is 52.1 Å². The summed E-state index contributed by atoms with van der Waals surface area (Å²) in [5.74, 6) is -6.27. The highest BCUT2D eigenvalue weighted by atomic mass is 19.2. The molecule has 0 spiro atoms. The molecule has 0 N–H and O–H groups in total. The Morgan fingerprint density at radius 2 is 1.33 bits per heavy atom. The van der Waals surface area contributed by atoms with Crippen LogP contribution in [0.5, 0.6) is 0 Å². The minimum absolute atomic E-state index is 0.101. The molecule has 0 atom stereocenters. The van der Waals surface area contributed by atoms with E-state index in [-0.39, 0.29) is 17.0 Å². The van der Waals surface area contributed by atoms with E-state index in [0.29, 0.717) is 12.0 Å². The molecule has 0 nitrogen and oxygen atoms in total. The molecule has 0 aromatic heterocycles. The zero-order valence-electron chi connectivity index (χ0n) is 12.5. The van der Waals surface area contributed by atoms with Gasteiger partial charge in [-0.1, -0.05) is 45.4 Å². The molecule has 1 aliphatic rings. The van der Waals surface area contributed by atoms with Crippen molar-refractivity contribution in [2.24, 2.45) is 5.92 Å². The lowest BCUT2D eigenvalue weighted by molar-refractivity contribution is 0.400. The minimum Gasteiger partial charge on any atom is -0.203 e. The SMILES string of the molecule is CC(C)C1=CC=C(c2c(F)c(F)c(F)c(F)c2C(C)C)C1. The summed E-state index contributed by atoms with van der Waals surface area (Å²) in [6, 6.07) is 0. The summed E-state index contributed by atoms with van der Waals surface area (Å²) >= 11 is 0. The first kappa shape index (κ1) is 15.8. The summed E-state index contributed by atoms with van der Waals surface area (Å²) in [6.45, 7) is 7.25. The Bertz CT molecular complexity index is 637. The van der Waals surface area contributed by atoms with Crippen LogP contribution in [-0.4, -0.2) is 0 Å². The molecule has 0 radical (unpaired) electrons. The standard InChI is InChI=1S/C17H18F4/c1-8(2)10-5-6-11(7-10)13-12(9(3)4)14(18)16(20)17(21)15(13)19/h5-6,8-9H,7H2,1-4H3. The van der Waals surface area contributed by atoms with Gasteiger partial charge in [0, 0.05) is 11.1 Å². The summed E-state index contributed by atoms with van der Waals surface area (Å²) in [7, 11) is 0. The second-order valence-corrected chi connectivity index (χ2v) is 5.96. The van der Waals surface area contributed by atoms with Crippen molar-refractivity contribution in [3.8, 4) is 0 Å². The maximum absolute atomic E-state index is 14.2. The van der Waals surface area contributed by atoms with Crippen molar-refractivity contribution in [1.29, 1.82) is 0 Å². The Morgan fingerprint density at radius 3 is 1.81 bits per heavy atom. The van der Waals surface area contributed by atoms with E-state index in [9.17, 15) is 17.6 Å². The van der Waals surface area contributed by atoms with Crippen LogP contribution in [0.25, 0.3) is 5.57 Å². The predicted octanol–water partition coefficient (Wildman–Crippen LogP) is 5.74. The van der Waals surface area contributed by atoms with E-state index >= 15 is 0 Å². The summed E-state index contributed by atoms with van der Waals surface area (Å²) < 4.78 is 55.3. The first-order chi connectivity index (χ1) is 9.75. The molecule has 1 aliphatic carbocycles. The Hall–Kier alpha value is -1.58. The molecule has 0 amide bonds. The van der Waals surface area contributed by atoms with Gasteiger partial charge in [-0.3, -0.25) is 0 Å². The van der Waals surface area contributed by atoms with Gasteiger partial charge in [0.15, 0.2) is 23.3 Å². The second-order valence-electron chi connectivity index (χ2n) is 5.96. The third-order valence-electron chi connectivity index (χ3n) is 3.84. The van der Waals surface area contributed by atoms with Gasteiger partial charge in [-0.05, 0) is 23.8 Å². The lowest BCUT2D eigenvalue weighted by atomic mass is 9.88. The molecule has 0 saturated carbocycles. The fourth-order valence-corrected chi connectivity index (χ4v) is 2.62. The van der Waals surface area contributed by atoms with E-state index in [1.807, 2.05) is 19.9 Å². The molecule has 4 heteroatoms. The Balaban J connectivity index is 2.60. The molecule has 114 valence electrons. The first-order valence-electron chi connectivity index (χ1n) is 7.01. The summed E-state index contributed by atoms with van der Waals surface area (Å²) in [6.07, 6.45) is 3.93. The molecule has 0 heterocycles. The largest absolute Gasteiger partial charge is 0.203 e. The van der Waals surface area contributed by atoms with Crippen molar-refractivity contribution < 1.29 is 17.6 Å². The molecule has 0 unspecified atom stereocenters. The average Bonchev–Trinajstić information content (AvgIpc) is 2.89. The summed E-state index contributed by atoms with van der Waals surface area (Å²) in [5.41, 5.74) is 1.33. The van der Waals surface area contributed by atoms with Gasteiger partial charge in [-0.25, -0.2) is 17.6 Å². The second kappa shape index (κ2) is 5.66. The van der Waals surface area contributed by atoms with Crippen LogP contribution in [-0.2, 0) is 0 Å². The number of hydrogen-bond acceptors (Lipinski definition) is 0. The predicted molar refractivity (Wildman–Crippen MR) is 75.9 cm³/mol. The summed E-state index contributed by atoms with van der Waals surface area (Å²) in [4.78, 5) is 0. The Kier molecular flexibility index (Phi) is 4.26. The van der Waals surface area contributed by atoms with Crippen LogP contribution in [0, 0.1) is 29.2 Å². The smallest absolute Gasteiger partial charge is 0.198 e. The molecule has 1 aromatic rings. The fourth-order valence-electron chi connectivity index (χ4n) is 2.62. The van der Waals surface area contributed by atoms with Crippen LogP contribution in [0.15, 0.2) is 17.7 Å². The van der Waals surface area contributed by atoms with Crippen molar-refractivity contribution in [2.45, 2.75) is 40.0 Å². The molecule has 1 aromatic carbocycles. The van der Waals surface area contributed by atoms with Gasteiger partial charge in [0.25, 0.3) is 0 Å². The minimum atomic E-state index is -1.74. The maximum atomic E-state index is 14.2. The van der Waals surface area contributed by atoms with Crippen molar-refractivity contribution in [1.82, 2.24) is 0 Å². The van der Waals surface area contributed by atoms with Crippen LogP contribution >= 0.6 is 0 Å². The zero-order valence-corrected chi connectivity index (χ0v) is 12.5. The average molecular weight is 298 g/mol. The van der Waals surface area contributed by atoms with Crippen molar-refractivity contribution in [2.75, 3.05) is 0 Å². The zero-order chi connectivity index (χ0) is 15.9. The van der Waals surface area contributed by atoms with Crippen LogP contribution < -0.4 is 0 Å². The summed E-state index contributed by atoms with van der Waals surface area (Å²) in [5, 5.41) is 0. The Labute approximate surface area is 122 Å². The number of benzene rings is 1. The van der Waals surface area contributed by atoms with Crippen molar-refractivity contribution >= 4 is 5.57 Å². The van der Waals surface area contributed by atoms with Gasteiger partial charge in [0.05, 0.1) is 0 Å². The lowest BCUT2D eigenvalue weighted by Crippen LogP contribution is -2.10. The highest BCUT2D eigenvalue weighted by molar-refractivity contribution is 5.75. The highest BCUT2D eigenvalue weighted by Crippen LogP contribution is 2.39. The molecule has 0 saturated heterocycles. The quantitative estimate of drug-likeness (QED) is 0.379. The van der Waals surface area contributed by atoms with E-state index < -0.39 is 29.2 Å². The molecule has 0 aliphatic heterocycles. The number of rotatable bonds is 3. The normalized spacial score (nSPS) is 15.0. The topological polar surface area (TPSA) is 0 Å². The molecule has 0 bridgehead atoms. The Morgan fingerprint density at radius 1 is 0.762 bits per heavy atom. The first-order valence-corrected chi connectivity index (χ1v) is 7.01. The van der Waals surface area contributed by atoms with Gasteiger partial charge in [-0.2, -0.15) is 0 Å². The third kappa shape index (κ3) is 2.63. The van der Waals surface area contributed by atoms with E-state index in [0.717, 1.165) is 5.57 Å². The number of allylic oxidation sites excluding steroid dienone is 4. The van der Waals surface area contributed by atoms with Crippen LogP contribution in [0.3, 0.4) is 0 Å². The van der Waals surface area contributed by atoms with Crippen molar-refractivity contribution in [3.63, 3.8) is 0 Å². The van der Waals surface area contributed by atoms with E-state index in [1.54, 1.807) is 19.9 Å². The fraction of sp³-hybridized carbons (Fsp3) is 0.412. The monoisotopic (exact) mass is 298 g/mol. The van der Waals surface area contributed by atoms with E-state index in [1.165, 1.54) is 0 Å². The van der Waals surface area contributed by atoms with Gasteiger partial charge in [-0.15, -0.1) is 0 Å². The van der Waals surface area contributed by atoms with E-state index in [2.05, 4.69) is 0 Å². The van der Waals surface area contributed by atoms with Gasteiger partial charge in [0.1, 0.15) is 0 Å². The van der Waals surface area contributed by atoms with Crippen LogP contribution in [0.1, 0.15) is 51.2 Å².